The monoisotopic (exact) mass is 238 g/mol. The summed E-state index contributed by atoms with van der Waals surface area (Å²) in [6, 6.07) is 1.22. The fraction of sp³-hybridized carbons (Fsp3) is 0.929. The molecular weight excluding hydrogens is 212 g/mol. The molecule has 3 nitrogen and oxygen atoms in total. The fourth-order valence-electron chi connectivity index (χ4n) is 3.22. The van der Waals surface area contributed by atoms with Crippen LogP contribution in [0.4, 0.5) is 0 Å². The van der Waals surface area contributed by atoms with Gasteiger partial charge in [-0.25, -0.2) is 0 Å². The molecule has 0 aromatic rings. The second-order valence-corrected chi connectivity index (χ2v) is 5.99. The molecule has 0 aromatic carbocycles. The van der Waals surface area contributed by atoms with Gasteiger partial charge in [-0.15, -0.1) is 0 Å². The van der Waals surface area contributed by atoms with Gasteiger partial charge in [0.05, 0.1) is 0 Å². The molecule has 3 atom stereocenters. The maximum atomic E-state index is 11.9. The Bertz CT molecular complexity index is 267. The van der Waals surface area contributed by atoms with Crippen LogP contribution in [0.3, 0.4) is 0 Å². The molecule has 17 heavy (non-hydrogen) atoms. The molecule has 1 saturated carbocycles. The Morgan fingerprint density at radius 2 is 1.82 bits per heavy atom. The third kappa shape index (κ3) is 3.08. The first-order valence-corrected chi connectivity index (χ1v) is 7.05. The third-order valence-electron chi connectivity index (χ3n) is 4.60. The Morgan fingerprint density at radius 3 is 2.41 bits per heavy atom. The Morgan fingerprint density at radius 1 is 1.18 bits per heavy atom. The molecule has 1 aliphatic heterocycles. The second-order valence-electron chi connectivity index (χ2n) is 5.99. The van der Waals surface area contributed by atoms with Crippen molar-refractivity contribution in [3.8, 4) is 0 Å². The molecule has 1 saturated heterocycles. The van der Waals surface area contributed by atoms with Crippen LogP contribution in [0.25, 0.3) is 0 Å². The molecule has 0 N–H and O–H groups in total. The van der Waals surface area contributed by atoms with E-state index < -0.39 is 0 Å². The van der Waals surface area contributed by atoms with Crippen molar-refractivity contribution < 1.29 is 4.79 Å². The Balaban J connectivity index is 1.88. The van der Waals surface area contributed by atoms with E-state index in [0.29, 0.717) is 23.8 Å². The van der Waals surface area contributed by atoms with E-state index >= 15 is 0 Å². The number of Topliss-reactive ketones (excluding diaryl/α,β-unsaturated/α-hetero) is 1. The molecule has 1 aliphatic carbocycles. The van der Waals surface area contributed by atoms with Crippen molar-refractivity contribution in [3.05, 3.63) is 0 Å². The lowest BCUT2D eigenvalue weighted by atomic mass is 9.87. The first-order valence-electron chi connectivity index (χ1n) is 7.05. The van der Waals surface area contributed by atoms with Gasteiger partial charge >= 0.3 is 0 Å². The number of piperazine rings is 1. The first-order chi connectivity index (χ1) is 8.08. The van der Waals surface area contributed by atoms with Crippen molar-refractivity contribution in [3.63, 3.8) is 0 Å². The molecule has 2 rings (SSSR count). The lowest BCUT2D eigenvalue weighted by molar-refractivity contribution is -0.125. The molecule has 98 valence electrons. The standard InChI is InChI=1S/C14H26N2O/c1-11-8-16(9-12(2)15(11)3)10-13-6-4-5-7-14(13)17/h11-13H,4-10H2,1-3H3. The molecule has 2 aliphatic rings. The van der Waals surface area contributed by atoms with Crippen molar-refractivity contribution >= 4 is 5.78 Å². The Hall–Kier alpha value is -0.410. The summed E-state index contributed by atoms with van der Waals surface area (Å²) in [4.78, 5) is 16.8. The molecule has 0 aromatic heterocycles. The van der Waals surface area contributed by atoms with E-state index in [1.165, 1.54) is 6.42 Å². The Labute approximate surface area is 105 Å². The summed E-state index contributed by atoms with van der Waals surface area (Å²) in [5, 5.41) is 0. The minimum absolute atomic E-state index is 0.326. The Kier molecular flexibility index (Phi) is 4.21. The van der Waals surface area contributed by atoms with Crippen LogP contribution < -0.4 is 0 Å². The van der Waals surface area contributed by atoms with Crippen LogP contribution in [-0.4, -0.2) is 54.3 Å². The largest absolute Gasteiger partial charge is 0.300 e. The topological polar surface area (TPSA) is 23.6 Å². The summed E-state index contributed by atoms with van der Waals surface area (Å²) >= 11 is 0. The minimum Gasteiger partial charge on any atom is -0.300 e. The van der Waals surface area contributed by atoms with Crippen LogP contribution in [-0.2, 0) is 4.79 Å². The number of hydrogen-bond acceptors (Lipinski definition) is 3. The third-order valence-corrected chi connectivity index (χ3v) is 4.60. The molecule has 0 spiro atoms. The number of carbonyl (C=O) groups excluding carboxylic acids is 1. The second kappa shape index (κ2) is 5.49. The SMILES string of the molecule is CC1CN(CC2CCCCC2=O)CC(C)N1C. The summed E-state index contributed by atoms with van der Waals surface area (Å²) < 4.78 is 0. The zero-order valence-electron chi connectivity index (χ0n) is 11.5. The van der Waals surface area contributed by atoms with Gasteiger partial charge in [-0.3, -0.25) is 14.6 Å². The molecular formula is C14H26N2O. The zero-order chi connectivity index (χ0) is 12.4. The van der Waals surface area contributed by atoms with Crippen LogP contribution >= 0.6 is 0 Å². The van der Waals surface area contributed by atoms with Gasteiger partial charge in [-0.2, -0.15) is 0 Å². The van der Waals surface area contributed by atoms with Gasteiger partial charge < -0.3 is 0 Å². The predicted octanol–water partition coefficient (Wildman–Crippen LogP) is 1.77. The minimum atomic E-state index is 0.326. The van der Waals surface area contributed by atoms with Crippen LogP contribution in [0.2, 0.25) is 0 Å². The maximum absolute atomic E-state index is 11.9. The van der Waals surface area contributed by atoms with Crippen molar-refractivity contribution in [2.24, 2.45) is 5.92 Å². The molecule has 1 heterocycles. The number of rotatable bonds is 2. The van der Waals surface area contributed by atoms with E-state index in [0.717, 1.165) is 38.9 Å². The van der Waals surface area contributed by atoms with Gasteiger partial charge in [0.15, 0.2) is 0 Å². The average Bonchev–Trinajstić information content (AvgIpc) is 2.29. The first kappa shape index (κ1) is 13.0. The highest BCUT2D eigenvalue weighted by Crippen LogP contribution is 2.23. The zero-order valence-corrected chi connectivity index (χ0v) is 11.5. The van der Waals surface area contributed by atoms with Crippen LogP contribution in [0.5, 0.6) is 0 Å². The predicted molar refractivity (Wildman–Crippen MR) is 70.1 cm³/mol. The van der Waals surface area contributed by atoms with E-state index in [2.05, 4.69) is 30.7 Å². The number of hydrogen-bond donors (Lipinski definition) is 0. The number of nitrogens with zero attached hydrogens (tertiary/aromatic N) is 2. The normalized spacial score (nSPS) is 37.4. The van der Waals surface area contributed by atoms with E-state index in [1.807, 2.05) is 0 Å². The van der Waals surface area contributed by atoms with Crippen LogP contribution in [0, 0.1) is 5.92 Å². The smallest absolute Gasteiger partial charge is 0.137 e. The van der Waals surface area contributed by atoms with Crippen molar-refractivity contribution in [2.45, 2.75) is 51.6 Å². The van der Waals surface area contributed by atoms with Crippen molar-refractivity contribution in [1.82, 2.24) is 9.80 Å². The summed E-state index contributed by atoms with van der Waals surface area (Å²) in [6.07, 6.45) is 4.30. The van der Waals surface area contributed by atoms with Gasteiger partial charge in [0.25, 0.3) is 0 Å². The van der Waals surface area contributed by atoms with Gasteiger partial charge in [0.2, 0.25) is 0 Å². The van der Waals surface area contributed by atoms with E-state index in [9.17, 15) is 4.79 Å². The quantitative estimate of drug-likeness (QED) is 0.732. The van der Waals surface area contributed by atoms with E-state index in [-0.39, 0.29) is 0 Å². The van der Waals surface area contributed by atoms with E-state index in [4.69, 9.17) is 0 Å². The lowest BCUT2D eigenvalue weighted by Crippen LogP contribution is -2.56. The highest BCUT2D eigenvalue weighted by Gasteiger charge is 2.30. The molecule has 3 unspecified atom stereocenters. The summed E-state index contributed by atoms with van der Waals surface area (Å²) in [6.45, 7) is 7.80. The van der Waals surface area contributed by atoms with Gasteiger partial charge in [-0.05, 0) is 33.7 Å². The number of carbonyl (C=O) groups is 1. The molecule has 3 heteroatoms. The number of ketones is 1. The molecule has 2 fully saturated rings. The van der Waals surface area contributed by atoms with Crippen molar-refractivity contribution in [2.75, 3.05) is 26.7 Å². The summed E-state index contributed by atoms with van der Waals surface area (Å²) in [5.74, 6) is 0.835. The molecule has 0 bridgehead atoms. The highest BCUT2D eigenvalue weighted by molar-refractivity contribution is 5.81. The number of likely N-dealkylation sites (N-methyl/N-ethyl adjacent to an activating group) is 1. The average molecular weight is 238 g/mol. The summed E-state index contributed by atoms with van der Waals surface area (Å²) in [7, 11) is 2.21. The molecule has 0 radical (unpaired) electrons. The highest BCUT2D eigenvalue weighted by atomic mass is 16.1. The van der Waals surface area contributed by atoms with Gasteiger partial charge in [0.1, 0.15) is 5.78 Å². The van der Waals surface area contributed by atoms with Crippen LogP contribution in [0.1, 0.15) is 39.5 Å². The fourth-order valence-corrected chi connectivity index (χ4v) is 3.22. The van der Waals surface area contributed by atoms with E-state index in [1.54, 1.807) is 0 Å². The molecule has 0 amide bonds. The lowest BCUT2D eigenvalue weighted by Gasteiger charge is -2.43. The van der Waals surface area contributed by atoms with Crippen molar-refractivity contribution in [1.29, 1.82) is 0 Å². The van der Waals surface area contributed by atoms with Gasteiger partial charge in [-0.1, -0.05) is 6.42 Å². The maximum Gasteiger partial charge on any atom is 0.137 e. The van der Waals surface area contributed by atoms with Crippen LogP contribution in [0.15, 0.2) is 0 Å². The van der Waals surface area contributed by atoms with Gasteiger partial charge in [0, 0.05) is 44.1 Å². The summed E-state index contributed by atoms with van der Waals surface area (Å²) in [5.41, 5.74) is 0.